The van der Waals surface area contributed by atoms with Crippen LogP contribution in [-0.4, -0.2) is 4.98 Å². The highest BCUT2D eigenvalue weighted by atomic mass is 16.4. The van der Waals surface area contributed by atoms with E-state index in [0.29, 0.717) is 5.89 Å². The molecule has 1 heterocycles. The number of benzene rings is 8. The van der Waals surface area contributed by atoms with Crippen molar-refractivity contribution in [1.82, 2.24) is 4.98 Å². The number of rotatable bonds is 6. The average Bonchev–Trinajstić information content (AvgIpc) is 3.76. The number of aromatic nitrogens is 1. The van der Waals surface area contributed by atoms with Crippen molar-refractivity contribution in [3.8, 4) is 56.3 Å². The molecule has 0 N–H and O–H groups in total. The van der Waals surface area contributed by atoms with Crippen molar-refractivity contribution in [1.29, 1.82) is 0 Å². The molecule has 10 rings (SSSR count). The predicted molar refractivity (Wildman–Crippen MR) is 207 cm³/mol. The predicted octanol–water partition coefficient (Wildman–Crippen LogP) is 13.1. The number of anilines is 3. The molecule has 50 heavy (non-hydrogen) atoms. The van der Waals surface area contributed by atoms with Crippen LogP contribution >= 0.6 is 0 Å². The highest BCUT2D eigenvalue weighted by Gasteiger charge is 2.29. The fraction of sp³-hybridized carbons (Fsp3) is 0. The third kappa shape index (κ3) is 4.63. The zero-order valence-electron chi connectivity index (χ0n) is 27.1. The van der Waals surface area contributed by atoms with E-state index in [2.05, 4.69) is 157 Å². The van der Waals surface area contributed by atoms with E-state index in [1.165, 1.54) is 38.2 Å². The monoisotopic (exact) mass is 638 g/mol. The van der Waals surface area contributed by atoms with Crippen molar-refractivity contribution in [3.63, 3.8) is 0 Å². The van der Waals surface area contributed by atoms with Gasteiger partial charge in [0.05, 0.1) is 0 Å². The average molecular weight is 639 g/mol. The van der Waals surface area contributed by atoms with Gasteiger partial charge in [-0.1, -0.05) is 133 Å². The summed E-state index contributed by atoms with van der Waals surface area (Å²) in [5.41, 5.74) is 12.2. The quantitative estimate of drug-likeness (QED) is 0.181. The fourth-order valence-corrected chi connectivity index (χ4v) is 7.42. The Morgan fingerprint density at radius 3 is 1.74 bits per heavy atom. The first-order valence-corrected chi connectivity index (χ1v) is 17.0. The number of hydrogen-bond acceptors (Lipinski definition) is 3. The molecule has 0 saturated heterocycles. The molecule has 0 fully saturated rings. The van der Waals surface area contributed by atoms with Gasteiger partial charge in [0.2, 0.25) is 5.89 Å². The van der Waals surface area contributed by atoms with E-state index < -0.39 is 0 Å². The third-order valence-corrected chi connectivity index (χ3v) is 9.85. The first-order valence-electron chi connectivity index (χ1n) is 17.0. The minimum Gasteiger partial charge on any atom is -0.435 e. The zero-order chi connectivity index (χ0) is 33.0. The standard InChI is InChI=1S/C47H30N2O/c1-3-10-31(11-4-1)33-18-23-37(24-19-33)49(39-27-20-32-12-7-8-15-36(32)30-39)38-25-21-34(22-26-38)40-28-29-42-44-41(40)16-9-17-43(44)46-45(42)48-47(50-46)35-13-5-2-6-14-35/h1-30H. The normalized spacial score (nSPS) is 11.6. The molecule has 8 aromatic carbocycles. The van der Waals surface area contributed by atoms with Crippen molar-refractivity contribution in [2.75, 3.05) is 4.90 Å². The summed E-state index contributed by atoms with van der Waals surface area (Å²) in [4.78, 5) is 7.30. The Morgan fingerprint density at radius 1 is 0.400 bits per heavy atom. The molecule has 0 bridgehead atoms. The Bertz CT molecular complexity index is 2650. The van der Waals surface area contributed by atoms with Gasteiger partial charge in [0.1, 0.15) is 5.69 Å². The van der Waals surface area contributed by atoms with Crippen molar-refractivity contribution < 1.29 is 4.42 Å². The number of nitrogens with zero attached hydrogens (tertiary/aromatic N) is 2. The van der Waals surface area contributed by atoms with Gasteiger partial charge in [-0.25, -0.2) is 4.98 Å². The maximum atomic E-state index is 6.40. The number of oxazole rings is 1. The van der Waals surface area contributed by atoms with Crippen LogP contribution < -0.4 is 4.90 Å². The van der Waals surface area contributed by atoms with Crippen LogP contribution in [0.4, 0.5) is 17.1 Å². The summed E-state index contributed by atoms with van der Waals surface area (Å²) < 4.78 is 6.40. The SMILES string of the molecule is c1ccc(-c2ccc(N(c3ccc(-c4ccc5c6c(cccc46)-c4oc(-c6ccccc6)nc4-5)cc3)c3ccc4ccccc4c3)cc2)cc1. The number of fused-ring (bicyclic) bond motifs is 4. The van der Waals surface area contributed by atoms with E-state index in [4.69, 9.17) is 9.40 Å². The van der Waals surface area contributed by atoms with Gasteiger partial charge in [-0.05, 0) is 86.9 Å². The molecule has 0 atom stereocenters. The molecule has 0 radical (unpaired) electrons. The minimum absolute atomic E-state index is 0.656. The van der Waals surface area contributed by atoms with Gasteiger partial charge in [-0.15, -0.1) is 0 Å². The van der Waals surface area contributed by atoms with Gasteiger partial charge in [-0.2, -0.15) is 0 Å². The van der Waals surface area contributed by atoms with Crippen LogP contribution in [-0.2, 0) is 0 Å². The largest absolute Gasteiger partial charge is 0.435 e. The summed E-state index contributed by atoms with van der Waals surface area (Å²) in [6.45, 7) is 0. The molecule has 0 aliphatic heterocycles. The lowest BCUT2D eigenvalue weighted by molar-refractivity contribution is 0.590. The summed E-state index contributed by atoms with van der Waals surface area (Å²) in [6.07, 6.45) is 0. The Morgan fingerprint density at radius 2 is 1.00 bits per heavy atom. The Labute approximate surface area is 290 Å². The second-order valence-electron chi connectivity index (χ2n) is 12.8. The first-order chi connectivity index (χ1) is 24.8. The Kier molecular flexibility index (Phi) is 6.49. The summed E-state index contributed by atoms with van der Waals surface area (Å²) in [7, 11) is 0. The minimum atomic E-state index is 0.656. The molecule has 0 saturated carbocycles. The van der Waals surface area contributed by atoms with E-state index in [1.807, 2.05) is 30.3 Å². The van der Waals surface area contributed by atoms with E-state index in [-0.39, 0.29) is 0 Å². The van der Waals surface area contributed by atoms with Crippen molar-refractivity contribution in [2.24, 2.45) is 0 Å². The third-order valence-electron chi connectivity index (χ3n) is 9.85. The maximum Gasteiger partial charge on any atom is 0.227 e. The summed E-state index contributed by atoms with van der Waals surface area (Å²) >= 11 is 0. The molecular formula is C47H30N2O. The highest BCUT2D eigenvalue weighted by molar-refractivity contribution is 6.17. The van der Waals surface area contributed by atoms with Gasteiger partial charge in [0.15, 0.2) is 5.76 Å². The van der Waals surface area contributed by atoms with Crippen LogP contribution in [0.2, 0.25) is 0 Å². The van der Waals surface area contributed by atoms with E-state index in [9.17, 15) is 0 Å². The summed E-state index contributed by atoms with van der Waals surface area (Å²) in [6, 6.07) is 64.6. The summed E-state index contributed by atoms with van der Waals surface area (Å²) in [5, 5.41) is 4.84. The molecule has 0 amide bonds. The van der Waals surface area contributed by atoms with Gasteiger partial charge in [0.25, 0.3) is 0 Å². The van der Waals surface area contributed by atoms with E-state index in [0.717, 1.165) is 50.8 Å². The van der Waals surface area contributed by atoms with Gasteiger partial charge >= 0.3 is 0 Å². The second kappa shape index (κ2) is 11.5. The van der Waals surface area contributed by atoms with Gasteiger partial charge in [0, 0.05) is 39.1 Å². The van der Waals surface area contributed by atoms with Crippen LogP contribution in [0.5, 0.6) is 0 Å². The second-order valence-corrected chi connectivity index (χ2v) is 12.8. The Hall–Kier alpha value is -6.71. The molecule has 0 spiro atoms. The van der Waals surface area contributed by atoms with Crippen molar-refractivity contribution in [3.05, 3.63) is 182 Å². The lowest BCUT2D eigenvalue weighted by Crippen LogP contribution is -2.09. The highest BCUT2D eigenvalue weighted by Crippen LogP contribution is 2.50. The van der Waals surface area contributed by atoms with Crippen LogP contribution in [0.1, 0.15) is 0 Å². The summed E-state index contributed by atoms with van der Waals surface area (Å²) in [5.74, 6) is 1.50. The molecule has 234 valence electrons. The van der Waals surface area contributed by atoms with Crippen LogP contribution in [0.25, 0.3) is 77.8 Å². The smallest absolute Gasteiger partial charge is 0.227 e. The van der Waals surface area contributed by atoms with E-state index >= 15 is 0 Å². The van der Waals surface area contributed by atoms with Gasteiger partial charge in [-0.3, -0.25) is 0 Å². The van der Waals surface area contributed by atoms with Crippen molar-refractivity contribution >= 4 is 38.6 Å². The van der Waals surface area contributed by atoms with Crippen LogP contribution in [0, 0.1) is 0 Å². The lowest BCUT2D eigenvalue weighted by atomic mass is 9.94. The van der Waals surface area contributed by atoms with E-state index in [1.54, 1.807) is 0 Å². The molecule has 1 aromatic heterocycles. The fourth-order valence-electron chi connectivity index (χ4n) is 7.42. The van der Waals surface area contributed by atoms with Crippen LogP contribution in [0.3, 0.4) is 0 Å². The molecule has 1 aliphatic carbocycles. The topological polar surface area (TPSA) is 29.3 Å². The zero-order valence-corrected chi connectivity index (χ0v) is 27.1. The molecule has 3 heteroatoms. The molecule has 3 nitrogen and oxygen atoms in total. The molecule has 9 aromatic rings. The lowest BCUT2D eigenvalue weighted by Gasteiger charge is -2.26. The Balaban J connectivity index is 1.04. The van der Waals surface area contributed by atoms with Crippen molar-refractivity contribution in [2.45, 2.75) is 0 Å². The molecule has 1 aliphatic rings. The van der Waals surface area contributed by atoms with Crippen LogP contribution in [0.15, 0.2) is 186 Å². The molecule has 0 unspecified atom stereocenters. The maximum absolute atomic E-state index is 6.40. The van der Waals surface area contributed by atoms with Gasteiger partial charge < -0.3 is 9.32 Å². The number of hydrogen-bond donors (Lipinski definition) is 0. The molecular weight excluding hydrogens is 609 g/mol. The first kappa shape index (κ1) is 28.3.